The second kappa shape index (κ2) is 13.9. The van der Waals surface area contributed by atoms with Crippen molar-refractivity contribution in [1.82, 2.24) is 9.97 Å². The van der Waals surface area contributed by atoms with E-state index in [1.165, 1.54) is 16.7 Å². The summed E-state index contributed by atoms with van der Waals surface area (Å²) >= 11 is 0. The predicted molar refractivity (Wildman–Crippen MR) is 178 cm³/mol. The first-order valence-electron chi connectivity index (χ1n) is 15.1. The number of aromatic nitrogens is 2. The molecule has 220 valence electrons. The number of hydrogen-bond donors (Lipinski definition) is 0. The Kier molecular flexibility index (Phi) is 11.5. The van der Waals surface area contributed by atoms with Crippen LogP contribution in [-0.2, 0) is 16.2 Å². The smallest absolute Gasteiger partial charge is 0.128 e. The minimum Gasteiger partial charge on any atom is -0.457 e. The maximum atomic E-state index is 6.62. The van der Waals surface area contributed by atoms with Crippen LogP contribution in [0.1, 0.15) is 107 Å². The third kappa shape index (κ3) is 9.28. The minimum absolute atomic E-state index is 0.0291. The van der Waals surface area contributed by atoms with Gasteiger partial charge in [0.05, 0.1) is 11.4 Å². The molecule has 0 unspecified atom stereocenters. The Bertz CT molecular complexity index is 1380. The zero-order valence-electron chi connectivity index (χ0n) is 27.8. The molecule has 2 aromatic carbocycles. The van der Waals surface area contributed by atoms with Crippen molar-refractivity contribution < 1.29 is 4.74 Å². The minimum atomic E-state index is -0.0395. The van der Waals surface area contributed by atoms with Crippen LogP contribution < -0.4 is 4.74 Å². The molecular weight excluding hydrogens is 500 g/mol. The number of hydrogen-bond acceptors (Lipinski definition) is 3. The van der Waals surface area contributed by atoms with Crippen molar-refractivity contribution in [2.75, 3.05) is 0 Å². The Morgan fingerprint density at radius 2 is 0.927 bits per heavy atom. The third-order valence-electron chi connectivity index (χ3n) is 6.66. The quantitative estimate of drug-likeness (QED) is 0.252. The van der Waals surface area contributed by atoms with E-state index in [1.54, 1.807) is 0 Å². The van der Waals surface area contributed by atoms with Gasteiger partial charge in [-0.15, -0.1) is 0 Å². The van der Waals surface area contributed by atoms with Crippen LogP contribution in [0.3, 0.4) is 0 Å². The molecule has 2 heterocycles. The van der Waals surface area contributed by atoms with Gasteiger partial charge in [0.25, 0.3) is 0 Å². The summed E-state index contributed by atoms with van der Waals surface area (Å²) in [6.45, 7) is 28.0. The van der Waals surface area contributed by atoms with E-state index in [4.69, 9.17) is 9.72 Å². The summed E-state index contributed by atoms with van der Waals surface area (Å²) < 4.78 is 6.62. The summed E-state index contributed by atoms with van der Waals surface area (Å²) in [4.78, 5) is 9.32. The lowest BCUT2D eigenvalue weighted by molar-refractivity contribution is 0.475. The zero-order valence-corrected chi connectivity index (χ0v) is 27.8. The molecule has 4 rings (SSSR count). The lowest BCUT2D eigenvalue weighted by Crippen LogP contribution is -2.12. The van der Waals surface area contributed by atoms with Gasteiger partial charge in [0.2, 0.25) is 0 Å². The highest BCUT2D eigenvalue weighted by molar-refractivity contribution is 5.66. The Morgan fingerprint density at radius 1 is 0.463 bits per heavy atom. The molecule has 0 radical (unpaired) electrons. The van der Waals surface area contributed by atoms with Crippen LogP contribution in [-0.4, -0.2) is 9.97 Å². The molecule has 0 aliphatic carbocycles. The Hall–Kier alpha value is -3.46. The van der Waals surface area contributed by atoms with Gasteiger partial charge in [-0.05, 0) is 93.6 Å². The molecular formula is C38H52N2O. The van der Waals surface area contributed by atoms with Crippen LogP contribution in [0.5, 0.6) is 11.5 Å². The van der Waals surface area contributed by atoms with Gasteiger partial charge in [-0.25, -0.2) is 0 Å². The largest absolute Gasteiger partial charge is 0.457 e. The van der Waals surface area contributed by atoms with E-state index in [0.29, 0.717) is 0 Å². The second-order valence-corrected chi connectivity index (χ2v) is 13.0. The number of rotatable bonds is 4. The molecule has 0 atom stereocenters. The second-order valence-electron chi connectivity index (χ2n) is 13.0. The Balaban J connectivity index is 0.00000141. The summed E-state index contributed by atoms with van der Waals surface area (Å²) in [6.07, 6.45) is 3.74. The molecule has 0 spiro atoms. The van der Waals surface area contributed by atoms with Crippen LogP contribution >= 0.6 is 0 Å². The van der Waals surface area contributed by atoms with Crippen LogP contribution in [0.15, 0.2) is 79.1 Å². The van der Waals surface area contributed by atoms with Crippen LogP contribution in [0.2, 0.25) is 0 Å². The summed E-state index contributed by atoms with van der Waals surface area (Å²) in [5, 5.41) is 0. The molecule has 0 saturated heterocycles. The van der Waals surface area contributed by atoms with Crippen molar-refractivity contribution in [2.45, 2.75) is 106 Å². The number of nitrogens with zero attached hydrogens (tertiary/aromatic N) is 2. The first-order valence-corrected chi connectivity index (χ1v) is 15.1. The van der Waals surface area contributed by atoms with Gasteiger partial charge in [-0.1, -0.05) is 96.1 Å². The molecule has 2 aromatic heterocycles. The van der Waals surface area contributed by atoms with Gasteiger partial charge >= 0.3 is 0 Å². The summed E-state index contributed by atoms with van der Waals surface area (Å²) in [5.41, 5.74) is 7.66. The fraction of sp³-hybridized carbons (Fsp3) is 0.421. The molecule has 0 fully saturated rings. The highest BCUT2D eigenvalue weighted by Crippen LogP contribution is 2.37. The zero-order chi connectivity index (χ0) is 31.0. The van der Waals surface area contributed by atoms with E-state index in [2.05, 4.69) is 116 Å². The molecule has 0 amide bonds. The van der Waals surface area contributed by atoms with Crippen LogP contribution in [0.25, 0.3) is 22.5 Å². The van der Waals surface area contributed by atoms with E-state index in [0.717, 1.165) is 34.0 Å². The monoisotopic (exact) mass is 552 g/mol. The van der Waals surface area contributed by atoms with Gasteiger partial charge in [0.1, 0.15) is 11.5 Å². The van der Waals surface area contributed by atoms with Gasteiger partial charge < -0.3 is 4.74 Å². The summed E-state index contributed by atoms with van der Waals surface area (Å²) in [6, 6.07) is 23.2. The molecule has 0 bridgehead atoms. The molecule has 3 nitrogen and oxygen atoms in total. The average Bonchev–Trinajstić information content (AvgIpc) is 2.94. The van der Waals surface area contributed by atoms with E-state index < -0.39 is 0 Å². The maximum absolute atomic E-state index is 6.62. The third-order valence-corrected chi connectivity index (χ3v) is 6.66. The number of ether oxygens (including phenoxy) is 1. The number of benzene rings is 2. The average molecular weight is 553 g/mol. The molecule has 0 N–H and O–H groups in total. The fourth-order valence-electron chi connectivity index (χ4n) is 4.20. The fourth-order valence-corrected chi connectivity index (χ4v) is 4.20. The Morgan fingerprint density at radius 3 is 1.37 bits per heavy atom. The first kappa shape index (κ1) is 33.7. The van der Waals surface area contributed by atoms with Gasteiger partial charge in [-0.3, -0.25) is 9.97 Å². The molecule has 0 aliphatic rings. The lowest BCUT2D eigenvalue weighted by Gasteiger charge is -2.23. The topological polar surface area (TPSA) is 35.0 Å². The highest BCUT2D eigenvalue weighted by Gasteiger charge is 2.20. The van der Waals surface area contributed by atoms with Crippen molar-refractivity contribution in [3.8, 4) is 34.0 Å². The van der Waals surface area contributed by atoms with Gasteiger partial charge in [0, 0.05) is 23.5 Å². The Labute approximate surface area is 250 Å². The molecule has 0 saturated carbocycles. The number of pyridine rings is 2. The van der Waals surface area contributed by atoms with E-state index in [9.17, 15) is 0 Å². The maximum Gasteiger partial charge on any atom is 0.128 e. The SMILES string of the molecule is CC.CC.CC(C)(C)c1cc(Oc2cc(-c3cc(C(C)(C)C)ccn3)cc(C(C)(C)C)c2)cc(-c2ccccn2)c1. The van der Waals surface area contributed by atoms with Crippen molar-refractivity contribution in [1.29, 1.82) is 0 Å². The van der Waals surface area contributed by atoms with E-state index >= 15 is 0 Å². The van der Waals surface area contributed by atoms with E-state index in [1.807, 2.05) is 58.3 Å². The van der Waals surface area contributed by atoms with Gasteiger partial charge in [0.15, 0.2) is 0 Å². The van der Waals surface area contributed by atoms with Gasteiger partial charge in [-0.2, -0.15) is 0 Å². The van der Waals surface area contributed by atoms with Crippen LogP contribution in [0, 0.1) is 0 Å². The summed E-state index contributed by atoms with van der Waals surface area (Å²) in [5.74, 6) is 1.62. The van der Waals surface area contributed by atoms with Crippen LogP contribution in [0.4, 0.5) is 0 Å². The molecule has 41 heavy (non-hydrogen) atoms. The predicted octanol–water partition coefficient (Wildman–Crippen LogP) is 11.5. The van der Waals surface area contributed by atoms with Crippen molar-refractivity contribution in [3.05, 3.63) is 95.8 Å². The van der Waals surface area contributed by atoms with E-state index in [-0.39, 0.29) is 16.2 Å². The van der Waals surface area contributed by atoms with Crippen molar-refractivity contribution in [2.24, 2.45) is 0 Å². The molecule has 4 aromatic rings. The molecule has 0 aliphatic heterocycles. The highest BCUT2D eigenvalue weighted by atomic mass is 16.5. The normalized spacial score (nSPS) is 11.5. The van der Waals surface area contributed by atoms with Crippen molar-refractivity contribution >= 4 is 0 Å². The standard InChI is InChI=1S/C34H40N2O.2C2H6/c1-32(2,3)25-13-15-36-31(22-25)24-17-27(34(7,8)9)21-29(19-24)37-28-18-23(30-12-10-11-14-35-30)16-26(20-28)33(4,5)6;2*1-2/h10-22H,1-9H3;2*1-2H3. The summed E-state index contributed by atoms with van der Waals surface area (Å²) in [7, 11) is 0. The lowest BCUT2D eigenvalue weighted by atomic mass is 9.84. The first-order chi connectivity index (χ1) is 19.2. The molecule has 3 heteroatoms. The van der Waals surface area contributed by atoms with Crippen molar-refractivity contribution in [3.63, 3.8) is 0 Å².